The Bertz CT molecular complexity index is 482. The Balaban J connectivity index is 2.01. The lowest BCUT2D eigenvalue weighted by Crippen LogP contribution is -2.61. The van der Waals surface area contributed by atoms with Crippen LogP contribution >= 0.6 is 0 Å². The number of piperidine rings is 1. The van der Waals surface area contributed by atoms with Crippen LogP contribution in [0.2, 0.25) is 0 Å². The molecule has 0 aromatic heterocycles. The summed E-state index contributed by atoms with van der Waals surface area (Å²) < 4.78 is 29.8. The fraction of sp³-hybridized carbons (Fsp3) is 0.923. The summed E-state index contributed by atoms with van der Waals surface area (Å²) in [6, 6.07) is 0.0713. The number of sulfonamides is 1. The van der Waals surface area contributed by atoms with Crippen molar-refractivity contribution in [2.45, 2.75) is 25.5 Å². The standard InChI is InChI=1S/C13H25N3O4S/c1-4-15-6-5-11-12(9-15)20-8-7-16(11)13(17)10-14(2)21(3,18)19/h11-12H,4-10H2,1-3H3/t11-,12+/m1/s1. The van der Waals surface area contributed by atoms with E-state index < -0.39 is 10.0 Å². The van der Waals surface area contributed by atoms with Crippen molar-refractivity contribution in [2.75, 3.05) is 52.6 Å². The monoisotopic (exact) mass is 319 g/mol. The molecule has 0 radical (unpaired) electrons. The van der Waals surface area contributed by atoms with E-state index in [0.717, 1.165) is 36.6 Å². The van der Waals surface area contributed by atoms with Crippen molar-refractivity contribution in [2.24, 2.45) is 0 Å². The summed E-state index contributed by atoms with van der Waals surface area (Å²) >= 11 is 0. The number of likely N-dealkylation sites (tertiary alicyclic amines) is 1. The molecule has 0 saturated carbocycles. The van der Waals surface area contributed by atoms with E-state index in [1.54, 1.807) is 0 Å². The van der Waals surface area contributed by atoms with Crippen LogP contribution in [0.25, 0.3) is 0 Å². The third-order valence-corrected chi connectivity index (χ3v) is 5.63. The molecule has 7 nitrogen and oxygen atoms in total. The molecule has 0 aliphatic carbocycles. The normalized spacial score (nSPS) is 27.7. The first-order valence-electron chi connectivity index (χ1n) is 7.37. The highest BCUT2D eigenvalue weighted by Crippen LogP contribution is 2.23. The van der Waals surface area contributed by atoms with Gasteiger partial charge in [0.05, 0.1) is 31.6 Å². The zero-order valence-electron chi connectivity index (χ0n) is 13.0. The number of hydrogen-bond acceptors (Lipinski definition) is 5. The molecule has 2 aliphatic heterocycles. The van der Waals surface area contributed by atoms with Crippen molar-refractivity contribution >= 4 is 15.9 Å². The Labute approximate surface area is 126 Å². The van der Waals surface area contributed by atoms with Crippen LogP contribution in [0.3, 0.4) is 0 Å². The number of ether oxygens (including phenoxy) is 1. The molecular formula is C13H25N3O4S. The lowest BCUT2D eigenvalue weighted by atomic mass is 9.98. The van der Waals surface area contributed by atoms with Gasteiger partial charge in [-0.1, -0.05) is 6.92 Å². The van der Waals surface area contributed by atoms with Gasteiger partial charge in [0.2, 0.25) is 15.9 Å². The number of morpholine rings is 1. The maximum atomic E-state index is 12.4. The van der Waals surface area contributed by atoms with Gasteiger partial charge in [0, 0.05) is 26.7 Å². The molecule has 122 valence electrons. The van der Waals surface area contributed by atoms with Crippen LogP contribution in [-0.2, 0) is 19.6 Å². The first kappa shape index (κ1) is 16.7. The number of carbonyl (C=O) groups is 1. The first-order chi connectivity index (χ1) is 9.82. The van der Waals surface area contributed by atoms with Crippen molar-refractivity contribution in [3.8, 4) is 0 Å². The molecule has 0 N–H and O–H groups in total. The average Bonchev–Trinajstić information content (AvgIpc) is 2.44. The zero-order valence-corrected chi connectivity index (χ0v) is 13.8. The van der Waals surface area contributed by atoms with Crippen molar-refractivity contribution in [1.82, 2.24) is 14.1 Å². The Hall–Kier alpha value is -0.700. The first-order valence-corrected chi connectivity index (χ1v) is 9.22. The molecule has 2 aliphatic rings. The van der Waals surface area contributed by atoms with E-state index in [1.165, 1.54) is 7.05 Å². The summed E-state index contributed by atoms with van der Waals surface area (Å²) in [4.78, 5) is 16.5. The SMILES string of the molecule is CCN1CC[C@@H]2[C@H](C1)OCCN2C(=O)CN(C)S(C)(=O)=O. The van der Waals surface area contributed by atoms with Crippen LogP contribution in [0, 0.1) is 0 Å². The molecule has 0 bridgehead atoms. The van der Waals surface area contributed by atoms with Gasteiger partial charge in [-0.3, -0.25) is 4.79 Å². The molecule has 2 fully saturated rings. The molecule has 2 atom stereocenters. The second-order valence-corrected chi connectivity index (χ2v) is 7.85. The second kappa shape index (κ2) is 6.60. The second-order valence-electron chi connectivity index (χ2n) is 5.76. The van der Waals surface area contributed by atoms with Crippen molar-refractivity contribution in [3.05, 3.63) is 0 Å². The van der Waals surface area contributed by atoms with Gasteiger partial charge in [-0.15, -0.1) is 0 Å². The number of amides is 1. The molecule has 2 saturated heterocycles. The number of hydrogen-bond donors (Lipinski definition) is 0. The molecular weight excluding hydrogens is 294 g/mol. The molecule has 21 heavy (non-hydrogen) atoms. The maximum Gasteiger partial charge on any atom is 0.238 e. The largest absolute Gasteiger partial charge is 0.373 e. The number of likely N-dealkylation sites (N-methyl/N-ethyl adjacent to an activating group) is 2. The molecule has 0 unspecified atom stereocenters. The number of carbonyl (C=O) groups excluding carboxylic acids is 1. The predicted octanol–water partition coefficient (Wildman–Crippen LogP) is -0.801. The van der Waals surface area contributed by atoms with Gasteiger partial charge in [-0.2, -0.15) is 4.31 Å². The summed E-state index contributed by atoms with van der Waals surface area (Å²) in [5, 5.41) is 0. The van der Waals surface area contributed by atoms with E-state index in [1.807, 2.05) is 4.90 Å². The van der Waals surface area contributed by atoms with Crippen LogP contribution < -0.4 is 0 Å². The summed E-state index contributed by atoms with van der Waals surface area (Å²) in [5.74, 6) is -0.133. The molecule has 8 heteroatoms. The predicted molar refractivity (Wildman–Crippen MR) is 79.4 cm³/mol. The van der Waals surface area contributed by atoms with E-state index in [2.05, 4.69) is 11.8 Å². The fourth-order valence-electron chi connectivity index (χ4n) is 2.95. The zero-order chi connectivity index (χ0) is 15.6. The number of nitrogens with zero attached hydrogens (tertiary/aromatic N) is 3. The summed E-state index contributed by atoms with van der Waals surface area (Å²) in [7, 11) is -1.90. The molecule has 0 spiro atoms. The smallest absolute Gasteiger partial charge is 0.238 e. The topological polar surface area (TPSA) is 70.2 Å². The lowest BCUT2D eigenvalue weighted by Gasteiger charge is -2.46. The van der Waals surface area contributed by atoms with Crippen LogP contribution in [0.15, 0.2) is 0 Å². The van der Waals surface area contributed by atoms with Gasteiger partial charge in [0.25, 0.3) is 0 Å². The third-order valence-electron chi connectivity index (χ3n) is 4.36. The highest BCUT2D eigenvalue weighted by atomic mass is 32.2. The van der Waals surface area contributed by atoms with Crippen molar-refractivity contribution < 1.29 is 17.9 Å². The minimum Gasteiger partial charge on any atom is -0.373 e. The number of rotatable bonds is 4. The van der Waals surface area contributed by atoms with E-state index in [4.69, 9.17) is 4.74 Å². The minimum absolute atomic E-state index is 0.0416. The summed E-state index contributed by atoms with van der Waals surface area (Å²) in [6.07, 6.45) is 2.04. The van der Waals surface area contributed by atoms with Crippen LogP contribution in [0.1, 0.15) is 13.3 Å². The minimum atomic E-state index is -3.33. The quantitative estimate of drug-likeness (QED) is 0.678. The van der Waals surface area contributed by atoms with Gasteiger partial charge >= 0.3 is 0 Å². The van der Waals surface area contributed by atoms with E-state index >= 15 is 0 Å². The Kier molecular flexibility index (Phi) is 5.24. The average molecular weight is 319 g/mol. The van der Waals surface area contributed by atoms with Gasteiger partial charge in [-0.25, -0.2) is 8.42 Å². The molecule has 2 rings (SSSR count). The van der Waals surface area contributed by atoms with Gasteiger partial charge in [0.15, 0.2) is 0 Å². The number of fused-ring (bicyclic) bond motifs is 1. The Morgan fingerprint density at radius 2 is 2.10 bits per heavy atom. The summed E-state index contributed by atoms with van der Waals surface area (Å²) in [6.45, 7) is 5.86. The Morgan fingerprint density at radius 3 is 2.71 bits per heavy atom. The molecule has 1 amide bonds. The summed E-state index contributed by atoms with van der Waals surface area (Å²) in [5.41, 5.74) is 0. The van der Waals surface area contributed by atoms with E-state index in [9.17, 15) is 13.2 Å². The maximum absolute atomic E-state index is 12.4. The van der Waals surface area contributed by atoms with Crippen LogP contribution in [0.5, 0.6) is 0 Å². The van der Waals surface area contributed by atoms with Crippen LogP contribution in [0.4, 0.5) is 0 Å². The van der Waals surface area contributed by atoms with E-state index in [-0.39, 0.29) is 24.6 Å². The fourth-order valence-corrected chi connectivity index (χ4v) is 3.30. The van der Waals surface area contributed by atoms with E-state index in [0.29, 0.717) is 13.2 Å². The van der Waals surface area contributed by atoms with Crippen LogP contribution in [-0.4, -0.2) is 93.2 Å². The van der Waals surface area contributed by atoms with Gasteiger partial charge in [-0.05, 0) is 13.0 Å². The Morgan fingerprint density at radius 1 is 1.38 bits per heavy atom. The molecule has 2 heterocycles. The lowest BCUT2D eigenvalue weighted by molar-refractivity contribution is -0.152. The highest BCUT2D eigenvalue weighted by Gasteiger charge is 2.39. The highest BCUT2D eigenvalue weighted by molar-refractivity contribution is 7.88. The van der Waals surface area contributed by atoms with Gasteiger partial charge in [0.1, 0.15) is 0 Å². The molecule has 0 aromatic rings. The van der Waals surface area contributed by atoms with Crippen molar-refractivity contribution in [1.29, 1.82) is 0 Å². The third kappa shape index (κ3) is 3.94. The molecule has 0 aromatic carbocycles. The van der Waals surface area contributed by atoms with Gasteiger partial charge < -0.3 is 14.5 Å². The van der Waals surface area contributed by atoms with Crippen molar-refractivity contribution in [3.63, 3.8) is 0 Å².